The van der Waals surface area contributed by atoms with Crippen molar-refractivity contribution in [2.75, 3.05) is 6.61 Å². The van der Waals surface area contributed by atoms with Crippen molar-refractivity contribution in [3.63, 3.8) is 0 Å². The smallest absolute Gasteiger partial charge is 0.175 e. The minimum Gasteiger partial charge on any atom is -0.486 e. The quantitative estimate of drug-likeness (QED) is 0.317. The summed E-state index contributed by atoms with van der Waals surface area (Å²) in [4.78, 5) is 17.0. The molecule has 1 heterocycles. The standard InChI is InChI=1S/C32H41NO2/c1-9-24-12-16-28(33-20-24)27-15-13-25(18-22(27)4)32(10-2,11-3)26-14-17-29(23(5)19-26)35-21-30(34)31(6,7)8/h12-20H,9-11,21H2,1-8H3. The van der Waals surface area contributed by atoms with Gasteiger partial charge in [-0.25, -0.2) is 0 Å². The SMILES string of the molecule is CCc1ccc(-c2ccc(C(CC)(CC)c3ccc(OCC(=O)C(C)(C)C)c(C)c3)cc2C)nc1. The molecule has 3 aromatic rings. The molecule has 0 aliphatic carbocycles. The van der Waals surface area contributed by atoms with Gasteiger partial charge in [-0.1, -0.05) is 77.9 Å². The number of benzene rings is 2. The molecule has 0 atom stereocenters. The molecule has 0 N–H and O–H groups in total. The van der Waals surface area contributed by atoms with Crippen molar-refractivity contribution in [1.29, 1.82) is 0 Å². The van der Waals surface area contributed by atoms with Crippen molar-refractivity contribution in [2.45, 2.75) is 80.1 Å². The van der Waals surface area contributed by atoms with Gasteiger partial charge in [-0.15, -0.1) is 0 Å². The van der Waals surface area contributed by atoms with Crippen molar-refractivity contribution in [2.24, 2.45) is 5.41 Å². The summed E-state index contributed by atoms with van der Waals surface area (Å²) in [6.45, 7) is 16.8. The number of ketones is 1. The summed E-state index contributed by atoms with van der Waals surface area (Å²) in [5.41, 5.74) is 7.87. The van der Waals surface area contributed by atoms with Crippen LogP contribution in [-0.4, -0.2) is 17.4 Å². The summed E-state index contributed by atoms with van der Waals surface area (Å²) in [5, 5.41) is 0. The van der Waals surface area contributed by atoms with Gasteiger partial charge in [0.15, 0.2) is 5.78 Å². The Labute approximate surface area is 212 Å². The summed E-state index contributed by atoms with van der Waals surface area (Å²) in [6.07, 6.45) is 4.96. The van der Waals surface area contributed by atoms with E-state index in [1.165, 1.54) is 27.8 Å². The van der Waals surface area contributed by atoms with Crippen LogP contribution in [0.25, 0.3) is 11.3 Å². The Morgan fingerprint density at radius 3 is 1.97 bits per heavy atom. The van der Waals surface area contributed by atoms with Gasteiger partial charge >= 0.3 is 0 Å². The third kappa shape index (κ3) is 5.66. The normalized spacial score (nSPS) is 12.0. The van der Waals surface area contributed by atoms with Crippen LogP contribution in [0.4, 0.5) is 0 Å². The third-order valence-electron chi connectivity index (χ3n) is 7.42. The van der Waals surface area contributed by atoms with Gasteiger partial charge in [0.1, 0.15) is 12.4 Å². The van der Waals surface area contributed by atoms with Crippen LogP contribution in [0.15, 0.2) is 54.7 Å². The molecule has 3 rings (SSSR count). The van der Waals surface area contributed by atoms with Gasteiger partial charge in [0.25, 0.3) is 0 Å². The minimum absolute atomic E-state index is 0.0900. The van der Waals surface area contributed by atoms with E-state index in [-0.39, 0.29) is 17.8 Å². The van der Waals surface area contributed by atoms with E-state index in [4.69, 9.17) is 9.72 Å². The lowest BCUT2D eigenvalue weighted by Crippen LogP contribution is -2.27. The number of pyridine rings is 1. The van der Waals surface area contributed by atoms with Crippen LogP contribution in [0.5, 0.6) is 5.75 Å². The van der Waals surface area contributed by atoms with Gasteiger partial charge < -0.3 is 4.74 Å². The first-order valence-corrected chi connectivity index (χ1v) is 12.9. The summed E-state index contributed by atoms with van der Waals surface area (Å²) >= 11 is 0. The second-order valence-corrected chi connectivity index (χ2v) is 10.7. The number of Topliss-reactive ketones (excluding diaryl/α,β-unsaturated/α-hetero) is 1. The van der Waals surface area contributed by atoms with Gasteiger partial charge in [0.05, 0.1) is 5.69 Å². The molecule has 0 radical (unpaired) electrons. The fraction of sp³-hybridized carbons (Fsp3) is 0.438. The summed E-state index contributed by atoms with van der Waals surface area (Å²) in [5.74, 6) is 0.882. The molecule has 35 heavy (non-hydrogen) atoms. The maximum absolute atomic E-state index is 12.3. The van der Waals surface area contributed by atoms with Gasteiger partial charge in [0.2, 0.25) is 0 Å². The molecule has 3 heteroatoms. The van der Waals surface area contributed by atoms with Crippen molar-refractivity contribution < 1.29 is 9.53 Å². The van der Waals surface area contributed by atoms with Gasteiger partial charge in [0, 0.05) is 22.6 Å². The minimum atomic E-state index is -0.398. The zero-order valence-corrected chi connectivity index (χ0v) is 22.8. The van der Waals surface area contributed by atoms with Crippen molar-refractivity contribution in [3.8, 4) is 17.0 Å². The Kier molecular flexibility index (Phi) is 8.20. The zero-order valence-electron chi connectivity index (χ0n) is 22.8. The topological polar surface area (TPSA) is 39.2 Å². The van der Waals surface area contributed by atoms with Gasteiger partial charge in [-0.3, -0.25) is 9.78 Å². The zero-order chi connectivity index (χ0) is 25.8. The molecule has 1 aromatic heterocycles. The number of aromatic nitrogens is 1. The van der Waals surface area contributed by atoms with E-state index in [1.807, 2.05) is 33.0 Å². The molecular formula is C32H41NO2. The molecule has 0 spiro atoms. The Morgan fingerprint density at radius 1 is 0.857 bits per heavy atom. The van der Waals surface area contributed by atoms with E-state index in [1.54, 1.807) is 0 Å². The molecular weight excluding hydrogens is 430 g/mol. The summed E-state index contributed by atoms with van der Waals surface area (Å²) < 4.78 is 5.91. The molecule has 0 bridgehead atoms. The number of hydrogen-bond donors (Lipinski definition) is 0. The van der Waals surface area contributed by atoms with Crippen molar-refractivity contribution in [3.05, 3.63) is 82.5 Å². The fourth-order valence-electron chi connectivity index (χ4n) is 4.74. The van der Waals surface area contributed by atoms with E-state index in [2.05, 4.69) is 77.1 Å². The van der Waals surface area contributed by atoms with Crippen LogP contribution in [0.1, 0.15) is 82.2 Å². The first-order valence-electron chi connectivity index (χ1n) is 12.9. The van der Waals surface area contributed by atoms with Crippen LogP contribution in [0, 0.1) is 19.3 Å². The van der Waals surface area contributed by atoms with Gasteiger partial charge in [-0.05, 0) is 73.1 Å². The van der Waals surface area contributed by atoms with Crippen LogP contribution >= 0.6 is 0 Å². The first kappa shape index (κ1) is 26.7. The number of nitrogens with zero attached hydrogens (tertiary/aromatic N) is 1. The highest BCUT2D eigenvalue weighted by atomic mass is 16.5. The summed E-state index contributed by atoms with van der Waals surface area (Å²) in [6, 6.07) is 17.6. The largest absolute Gasteiger partial charge is 0.486 e. The third-order valence-corrected chi connectivity index (χ3v) is 7.42. The molecule has 0 aliphatic rings. The van der Waals surface area contributed by atoms with Gasteiger partial charge in [-0.2, -0.15) is 0 Å². The number of aryl methyl sites for hydroxylation is 3. The molecule has 0 saturated heterocycles. The maximum Gasteiger partial charge on any atom is 0.175 e. The van der Waals surface area contributed by atoms with Crippen molar-refractivity contribution >= 4 is 5.78 Å². The van der Waals surface area contributed by atoms with E-state index in [0.717, 1.165) is 36.3 Å². The van der Waals surface area contributed by atoms with Crippen LogP contribution in [0.2, 0.25) is 0 Å². The molecule has 0 saturated carbocycles. The number of carbonyl (C=O) groups excluding carboxylic acids is 1. The average Bonchev–Trinajstić information content (AvgIpc) is 2.84. The Morgan fingerprint density at radius 2 is 1.49 bits per heavy atom. The predicted molar refractivity (Wildman–Crippen MR) is 146 cm³/mol. The highest BCUT2D eigenvalue weighted by Gasteiger charge is 2.31. The van der Waals surface area contributed by atoms with Crippen LogP contribution in [0.3, 0.4) is 0 Å². The maximum atomic E-state index is 12.3. The number of ether oxygens (including phenoxy) is 1. The van der Waals surface area contributed by atoms with E-state index >= 15 is 0 Å². The highest BCUT2D eigenvalue weighted by molar-refractivity contribution is 5.85. The predicted octanol–water partition coefficient (Wildman–Crippen LogP) is 8.03. The fourth-order valence-corrected chi connectivity index (χ4v) is 4.74. The Bertz CT molecular complexity index is 1170. The molecule has 0 fully saturated rings. The second kappa shape index (κ2) is 10.8. The van der Waals surface area contributed by atoms with Crippen molar-refractivity contribution in [1.82, 2.24) is 4.98 Å². The summed E-state index contributed by atoms with van der Waals surface area (Å²) in [7, 11) is 0. The molecule has 0 amide bonds. The monoisotopic (exact) mass is 471 g/mol. The van der Waals surface area contributed by atoms with E-state index < -0.39 is 5.41 Å². The molecule has 2 aromatic carbocycles. The average molecular weight is 472 g/mol. The Balaban J connectivity index is 1.93. The lowest BCUT2D eigenvalue weighted by molar-refractivity contribution is -0.128. The van der Waals surface area contributed by atoms with E-state index in [0.29, 0.717) is 0 Å². The number of hydrogen-bond acceptors (Lipinski definition) is 3. The van der Waals surface area contributed by atoms with E-state index in [9.17, 15) is 4.79 Å². The number of rotatable bonds is 9. The first-order chi connectivity index (χ1) is 16.6. The lowest BCUT2D eigenvalue weighted by atomic mass is 9.69. The van der Waals surface area contributed by atoms with Crippen LogP contribution in [-0.2, 0) is 16.6 Å². The Hall–Kier alpha value is -2.94. The number of carbonyl (C=O) groups is 1. The second-order valence-electron chi connectivity index (χ2n) is 10.7. The molecule has 0 aliphatic heterocycles. The molecule has 186 valence electrons. The van der Waals surface area contributed by atoms with Crippen LogP contribution < -0.4 is 4.74 Å². The highest BCUT2D eigenvalue weighted by Crippen LogP contribution is 2.41. The lowest BCUT2D eigenvalue weighted by Gasteiger charge is -2.34. The molecule has 0 unspecified atom stereocenters. The molecule has 3 nitrogen and oxygen atoms in total.